The molecule has 2 N–H and O–H groups in total. The van der Waals surface area contributed by atoms with Crippen LogP contribution in [0, 0.1) is 11.8 Å². The Morgan fingerprint density at radius 1 is 1.15 bits per heavy atom. The molecule has 1 heterocycles. The summed E-state index contributed by atoms with van der Waals surface area (Å²) in [5.74, 6) is 1.51. The standard InChI is InChI=1S/C16H32N4/c1-14(2)5-8-19(9-6-15(3)4)11-16-12-20(10-7-17)13-18-16/h12-15H,5-11,17H2,1-4H3. The van der Waals surface area contributed by atoms with Gasteiger partial charge in [-0.15, -0.1) is 0 Å². The average molecular weight is 280 g/mol. The monoisotopic (exact) mass is 280 g/mol. The Balaban J connectivity index is 2.52. The Labute approximate surface area is 124 Å². The number of hydrogen-bond donors (Lipinski definition) is 1. The molecular weight excluding hydrogens is 248 g/mol. The van der Waals surface area contributed by atoms with Crippen LogP contribution in [-0.4, -0.2) is 34.1 Å². The lowest BCUT2D eigenvalue weighted by atomic mass is 10.1. The molecule has 0 spiro atoms. The Morgan fingerprint density at radius 2 is 1.75 bits per heavy atom. The van der Waals surface area contributed by atoms with Crippen LogP contribution in [0.4, 0.5) is 0 Å². The second-order valence-corrected chi connectivity index (χ2v) is 6.53. The number of nitrogens with zero attached hydrogens (tertiary/aromatic N) is 3. The molecule has 4 nitrogen and oxygen atoms in total. The third kappa shape index (κ3) is 7.06. The van der Waals surface area contributed by atoms with E-state index in [1.165, 1.54) is 12.8 Å². The maximum absolute atomic E-state index is 5.57. The van der Waals surface area contributed by atoms with Gasteiger partial charge in [-0.3, -0.25) is 4.90 Å². The fourth-order valence-corrected chi connectivity index (χ4v) is 2.14. The minimum absolute atomic E-state index is 0.667. The predicted octanol–water partition coefficient (Wildman–Crippen LogP) is 2.74. The molecule has 0 unspecified atom stereocenters. The average Bonchev–Trinajstić information content (AvgIpc) is 2.80. The van der Waals surface area contributed by atoms with Crippen molar-refractivity contribution in [1.82, 2.24) is 14.5 Å². The second kappa shape index (κ2) is 9.14. The summed E-state index contributed by atoms with van der Waals surface area (Å²) in [6, 6.07) is 0. The van der Waals surface area contributed by atoms with E-state index < -0.39 is 0 Å². The van der Waals surface area contributed by atoms with Crippen LogP contribution < -0.4 is 5.73 Å². The van der Waals surface area contributed by atoms with Gasteiger partial charge in [0.05, 0.1) is 12.0 Å². The first-order valence-corrected chi connectivity index (χ1v) is 7.94. The zero-order valence-electron chi connectivity index (χ0n) is 13.7. The minimum atomic E-state index is 0.667. The van der Waals surface area contributed by atoms with Gasteiger partial charge in [-0.1, -0.05) is 27.7 Å². The van der Waals surface area contributed by atoms with Crippen molar-refractivity contribution in [3.63, 3.8) is 0 Å². The molecule has 0 radical (unpaired) electrons. The second-order valence-electron chi connectivity index (χ2n) is 6.53. The molecular formula is C16H32N4. The lowest BCUT2D eigenvalue weighted by Crippen LogP contribution is -2.27. The molecule has 4 heteroatoms. The summed E-state index contributed by atoms with van der Waals surface area (Å²) in [6.45, 7) is 13.9. The Hall–Kier alpha value is -0.870. The van der Waals surface area contributed by atoms with E-state index >= 15 is 0 Å². The maximum Gasteiger partial charge on any atom is 0.0950 e. The van der Waals surface area contributed by atoms with E-state index in [0.717, 1.165) is 43.7 Å². The van der Waals surface area contributed by atoms with Crippen LogP contribution in [0.5, 0.6) is 0 Å². The number of aromatic nitrogens is 2. The van der Waals surface area contributed by atoms with Crippen LogP contribution >= 0.6 is 0 Å². The highest BCUT2D eigenvalue weighted by atomic mass is 15.1. The van der Waals surface area contributed by atoms with Crippen molar-refractivity contribution < 1.29 is 0 Å². The topological polar surface area (TPSA) is 47.1 Å². The quantitative estimate of drug-likeness (QED) is 0.717. The van der Waals surface area contributed by atoms with Crippen LogP contribution in [-0.2, 0) is 13.1 Å². The number of nitrogens with two attached hydrogens (primary N) is 1. The van der Waals surface area contributed by atoms with E-state index in [1.807, 2.05) is 6.33 Å². The molecule has 0 saturated heterocycles. The van der Waals surface area contributed by atoms with Crippen LogP contribution in [0.3, 0.4) is 0 Å². The lowest BCUT2D eigenvalue weighted by molar-refractivity contribution is 0.233. The normalized spacial score (nSPS) is 12.0. The fourth-order valence-electron chi connectivity index (χ4n) is 2.14. The fraction of sp³-hybridized carbons (Fsp3) is 0.812. The van der Waals surface area contributed by atoms with E-state index in [4.69, 9.17) is 5.73 Å². The number of rotatable bonds is 10. The molecule has 0 aliphatic rings. The molecule has 0 aliphatic carbocycles. The molecule has 0 saturated carbocycles. The highest BCUT2D eigenvalue weighted by Crippen LogP contribution is 2.10. The van der Waals surface area contributed by atoms with Gasteiger partial charge in [0.15, 0.2) is 0 Å². The largest absolute Gasteiger partial charge is 0.336 e. The summed E-state index contributed by atoms with van der Waals surface area (Å²) >= 11 is 0. The van der Waals surface area contributed by atoms with Gasteiger partial charge in [0.25, 0.3) is 0 Å². The van der Waals surface area contributed by atoms with Crippen LogP contribution in [0.2, 0.25) is 0 Å². The Morgan fingerprint density at radius 3 is 2.25 bits per heavy atom. The molecule has 0 bridgehead atoms. The van der Waals surface area contributed by atoms with E-state index in [0.29, 0.717) is 6.54 Å². The predicted molar refractivity (Wildman–Crippen MR) is 85.5 cm³/mol. The third-order valence-corrected chi connectivity index (χ3v) is 3.50. The van der Waals surface area contributed by atoms with Crippen molar-refractivity contribution in [1.29, 1.82) is 0 Å². The van der Waals surface area contributed by atoms with Gasteiger partial charge in [-0.05, 0) is 37.8 Å². The van der Waals surface area contributed by atoms with Crippen LogP contribution in [0.1, 0.15) is 46.2 Å². The third-order valence-electron chi connectivity index (χ3n) is 3.50. The van der Waals surface area contributed by atoms with Gasteiger partial charge < -0.3 is 10.3 Å². The minimum Gasteiger partial charge on any atom is -0.336 e. The van der Waals surface area contributed by atoms with E-state index in [2.05, 4.69) is 48.3 Å². The molecule has 0 fully saturated rings. The van der Waals surface area contributed by atoms with Gasteiger partial charge in [0.1, 0.15) is 0 Å². The van der Waals surface area contributed by atoms with Gasteiger partial charge in [0, 0.05) is 25.8 Å². The van der Waals surface area contributed by atoms with Crippen LogP contribution in [0.15, 0.2) is 12.5 Å². The van der Waals surface area contributed by atoms with Gasteiger partial charge in [0.2, 0.25) is 0 Å². The van der Waals surface area contributed by atoms with Crippen molar-refractivity contribution >= 4 is 0 Å². The smallest absolute Gasteiger partial charge is 0.0950 e. The van der Waals surface area contributed by atoms with Crippen molar-refractivity contribution in [2.45, 2.75) is 53.6 Å². The summed E-state index contributed by atoms with van der Waals surface area (Å²) in [7, 11) is 0. The summed E-state index contributed by atoms with van der Waals surface area (Å²) in [4.78, 5) is 7.03. The van der Waals surface area contributed by atoms with E-state index in [-0.39, 0.29) is 0 Å². The van der Waals surface area contributed by atoms with E-state index in [9.17, 15) is 0 Å². The van der Waals surface area contributed by atoms with Gasteiger partial charge >= 0.3 is 0 Å². The summed E-state index contributed by atoms with van der Waals surface area (Å²) in [6.07, 6.45) is 6.53. The molecule has 1 rings (SSSR count). The van der Waals surface area contributed by atoms with Crippen molar-refractivity contribution in [2.75, 3.05) is 19.6 Å². The first kappa shape index (κ1) is 17.2. The molecule has 0 aliphatic heterocycles. The van der Waals surface area contributed by atoms with Crippen LogP contribution in [0.25, 0.3) is 0 Å². The number of imidazole rings is 1. The first-order chi connectivity index (χ1) is 9.51. The summed E-state index contributed by atoms with van der Waals surface area (Å²) < 4.78 is 2.08. The van der Waals surface area contributed by atoms with Crippen molar-refractivity contribution in [3.8, 4) is 0 Å². The summed E-state index contributed by atoms with van der Waals surface area (Å²) in [5.41, 5.74) is 6.73. The maximum atomic E-state index is 5.57. The lowest BCUT2D eigenvalue weighted by Gasteiger charge is -2.23. The van der Waals surface area contributed by atoms with Crippen molar-refractivity contribution in [2.24, 2.45) is 17.6 Å². The van der Waals surface area contributed by atoms with Gasteiger partial charge in [-0.25, -0.2) is 4.98 Å². The SMILES string of the molecule is CC(C)CCN(CCC(C)C)Cc1cn(CCN)cn1. The number of hydrogen-bond acceptors (Lipinski definition) is 3. The highest BCUT2D eigenvalue weighted by Gasteiger charge is 2.10. The molecule has 116 valence electrons. The zero-order chi connectivity index (χ0) is 15.0. The zero-order valence-corrected chi connectivity index (χ0v) is 13.7. The van der Waals surface area contributed by atoms with E-state index in [1.54, 1.807) is 0 Å². The molecule has 20 heavy (non-hydrogen) atoms. The first-order valence-electron chi connectivity index (χ1n) is 7.94. The Bertz CT molecular complexity index is 345. The van der Waals surface area contributed by atoms with Gasteiger partial charge in [-0.2, -0.15) is 0 Å². The Kier molecular flexibility index (Phi) is 7.85. The van der Waals surface area contributed by atoms with Crippen molar-refractivity contribution in [3.05, 3.63) is 18.2 Å². The molecule has 1 aromatic heterocycles. The molecule has 0 aromatic carbocycles. The molecule has 0 atom stereocenters. The summed E-state index contributed by atoms with van der Waals surface area (Å²) in [5, 5.41) is 0. The molecule has 0 amide bonds. The molecule has 1 aromatic rings. The highest BCUT2D eigenvalue weighted by molar-refractivity contribution is 4.96.